The Balaban J connectivity index is 1.93. The van der Waals surface area contributed by atoms with Crippen molar-refractivity contribution in [3.8, 4) is 0 Å². The Kier molecular flexibility index (Phi) is 4.55. The predicted octanol–water partition coefficient (Wildman–Crippen LogP) is 3.79. The molecule has 1 heterocycles. The van der Waals surface area contributed by atoms with Gasteiger partial charge >= 0.3 is 0 Å². The number of carbonyl (C=O) groups excluding carboxylic acids is 1. The Morgan fingerprint density at radius 2 is 2.17 bits per heavy atom. The van der Waals surface area contributed by atoms with Crippen LogP contribution < -0.4 is 5.32 Å². The molecular formula is C14H14BrNOS. The minimum atomic E-state index is -0.00893. The second kappa shape index (κ2) is 6.16. The van der Waals surface area contributed by atoms with E-state index in [1.807, 2.05) is 31.2 Å². The number of carbonyl (C=O) groups is 1. The standard InChI is InChI=1S/C14H14BrNOS/c1-10-12(5-2-6-13(10)15)14(17)16-8-7-11-4-3-9-18-11/h2-6,9H,7-8H2,1H3,(H,16,17). The first-order chi connectivity index (χ1) is 8.68. The topological polar surface area (TPSA) is 29.1 Å². The average Bonchev–Trinajstić information content (AvgIpc) is 2.85. The van der Waals surface area contributed by atoms with Gasteiger partial charge in [-0.3, -0.25) is 4.79 Å². The number of thiophene rings is 1. The molecule has 1 amide bonds. The van der Waals surface area contributed by atoms with E-state index in [4.69, 9.17) is 0 Å². The molecule has 18 heavy (non-hydrogen) atoms. The number of nitrogens with one attached hydrogen (secondary N) is 1. The van der Waals surface area contributed by atoms with Crippen molar-refractivity contribution in [2.24, 2.45) is 0 Å². The summed E-state index contributed by atoms with van der Waals surface area (Å²) in [5.41, 5.74) is 1.71. The maximum absolute atomic E-state index is 12.0. The Morgan fingerprint density at radius 3 is 2.89 bits per heavy atom. The molecule has 0 saturated carbocycles. The molecule has 0 bridgehead atoms. The first-order valence-corrected chi connectivity index (χ1v) is 7.41. The minimum absolute atomic E-state index is 0.00893. The summed E-state index contributed by atoms with van der Waals surface area (Å²) >= 11 is 5.15. The van der Waals surface area contributed by atoms with E-state index in [1.54, 1.807) is 11.3 Å². The molecule has 0 atom stereocenters. The van der Waals surface area contributed by atoms with Gasteiger partial charge in [0.1, 0.15) is 0 Å². The lowest BCUT2D eigenvalue weighted by atomic mass is 10.1. The summed E-state index contributed by atoms with van der Waals surface area (Å²) < 4.78 is 0.966. The molecular weight excluding hydrogens is 310 g/mol. The molecule has 0 spiro atoms. The average molecular weight is 324 g/mol. The fourth-order valence-electron chi connectivity index (χ4n) is 1.70. The van der Waals surface area contributed by atoms with Gasteiger partial charge in [0.05, 0.1) is 0 Å². The lowest BCUT2D eigenvalue weighted by Crippen LogP contribution is -2.26. The highest BCUT2D eigenvalue weighted by Gasteiger charge is 2.09. The molecule has 0 unspecified atom stereocenters. The summed E-state index contributed by atoms with van der Waals surface area (Å²) in [6, 6.07) is 9.78. The zero-order chi connectivity index (χ0) is 13.0. The zero-order valence-electron chi connectivity index (χ0n) is 10.1. The maximum atomic E-state index is 12.0. The van der Waals surface area contributed by atoms with Gasteiger partial charge in [0, 0.05) is 21.5 Å². The number of benzene rings is 1. The van der Waals surface area contributed by atoms with Crippen LogP contribution in [0, 0.1) is 6.92 Å². The third-order valence-electron chi connectivity index (χ3n) is 2.75. The van der Waals surface area contributed by atoms with Crippen LogP contribution in [0.5, 0.6) is 0 Å². The van der Waals surface area contributed by atoms with Crippen molar-refractivity contribution in [3.05, 3.63) is 56.2 Å². The highest BCUT2D eigenvalue weighted by molar-refractivity contribution is 9.10. The van der Waals surface area contributed by atoms with Crippen LogP contribution in [0.2, 0.25) is 0 Å². The molecule has 1 aromatic carbocycles. The third-order valence-corrected chi connectivity index (χ3v) is 4.54. The van der Waals surface area contributed by atoms with Gasteiger partial charge in [0.2, 0.25) is 0 Å². The lowest BCUT2D eigenvalue weighted by Gasteiger charge is -2.08. The van der Waals surface area contributed by atoms with Crippen LogP contribution in [0.25, 0.3) is 0 Å². The van der Waals surface area contributed by atoms with Crippen LogP contribution in [0.1, 0.15) is 20.8 Å². The molecule has 0 saturated heterocycles. The van der Waals surface area contributed by atoms with Gasteiger partial charge < -0.3 is 5.32 Å². The third kappa shape index (κ3) is 3.21. The fraction of sp³-hybridized carbons (Fsp3) is 0.214. The summed E-state index contributed by atoms with van der Waals surface area (Å²) in [4.78, 5) is 13.3. The Hall–Kier alpha value is -1.13. The van der Waals surface area contributed by atoms with Gasteiger partial charge in [0.25, 0.3) is 5.91 Å². The van der Waals surface area contributed by atoms with Crippen molar-refractivity contribution < 1.29 is 4.79 Å². The van der Waals surface area contributed by atoms with Crippen molar-refractivity contribution in [3.63, 3.8) is 0 Å². The Bertz CT molecular complexity index is 537. The molecule has 0 aliphatic carbocycles. The molecule has 0 aliphatic rings. The van der Waals surface area contributed by atoms with Crippen molar-refractivity contribution >= 4 is 33.2 Å². The molecule has 1 N–H and O–H groups in total. The summed E-state index contributed by atoms with van der Waals surface area (Å²) in [7, 11) is 0. The smallest absolute Gasteiger partial charge is 0.251 e. The number of hydrogen-bond acceptors (Lipinski definition) is 2. The molecule has 0 aliphatic heterocycles. The first kappa shape index (κ1) is 13.3. The fourth-order valence-corrected chi connectivity index (χ4v) is 2.78. The van der Waals surface area contributed by atoms with Crippen LogP contribution in [0.15, 0.2) is 40.2 Å². The van der Waals surface area contributed by atoms with E-state index in [0.717, 1.165) is 22.0 Å². The summed E-state index contributed by atoms with van der Waals surface area (Å²) in [5, 5.41) is 5.00. The van der Waals surface area contributed by atoms with Crippen molar-refractivity contribution in [1.29, 1.82) is 0 Å². The van der Waals surface area contributed by atoms with Gasteiger partial charge in [-0.15, -0.1) is 11.3 Å². The number of halogens is 1. The largest absolute Gasteiger partial charge is 0.352 e. The van der Waals surface area contributed by atoms with Gasteiger partial charge in [-0.05, 0) is 42.5 Å². The number of amides is 1. The van der Waals surface area contributed by atoms with Gasteiger partial charge in [-0.2, -0.15) is 0 Å². The molecule has 2 nitrogen and oxygen atoms in total. The normalized spacial score (nSPS) is 10.3. The van der Waals surface area contributed by atoms with Crippen LogP contribution in [-0.4, -0.2) is 12.5 Å². The Labute approximate surface area is 119 Å². The minimum Gasteiger partial charge on any atom is -0.352 e. The van der Waals surface area contributed by atoms with Crippen LogP contribution in [0.3, 0.4) is 0 Å². The molecule has 2 aromatic rings. The van der Waals surface area contributed by atoms with Gasteiger partial charge in [0.15, 0.2) is 0 Å². The molecule has 94 valence electrons. The summed E-state index contributed by atoms with van der Waals surface area (Å²) in [5.74, 6) is -0.00893. The van der Waals surface area contributed by atoms with E-state index in [9.17, 15) is 4.79 Å². The quantitative estimate of drug-likeness (QED) is 0.911. The van der Waals surface area contributed by atoms with E-state index in [1.165, 1.54) is 4.88 Å². The molecule has 2 rings (SSSR count). The SMILES string of the molecule is Cc1c(Br)cccc1C(=O)NCCc1cccs1. The highest BCUT2D eigenvalue weighted by Crippen LogP contribution is 2.19. The zero-order valence-corrected chi connectivity index (χ0v) is 12.5. The number of hydrogen-bond donors (Lipinski definition) is 1. The van der Waals surface area contributed by atoms with E-state index < -0.39 is 0 Å². The molecule has 4 heteroatoms. The predicted molar refractivity (Wildman–Crippen MR) is 79.2 cm³/mol. The van der Waals surface area contributed by atoms with Crippen molar-refractivity contribution in [1.82, 2.24) is 5.32 Å². The molecule has 1 aromatic heterocycles. The second-order valence-corrected chi connectivity index (χ2v) is 5.88. The molecule has 0 radical (unpaired) electrons. The van der Waals surface area contributed by atoms with Crippen LogP contribution in [-0.2, 0) is 6.42 Å². The van der Waals surface area contributed by atoms with Crippen LogP contribution in [0.4, 0.5) is 0 Å². The van der Waals surface area contributed by atoms with E-state index in [2.05, 4.69) is 32.7 Å². The second-order valence-electron chi connectivity index (χ2n) is 4.00. The van der Waals surface area contributed by atoms with Gasteiger partial charge in [-0.25, -0.2) is 0 Å². The maximum Gasteiger partial charge on any atom is 0.251 e. The van der Waals surface area contributed by atoms with Crippen molar-refractivity contribution in [2.45, 2.75) is 13.3 Å². The summed E-state index contributed by atoms with van der Waals surface area (Å²) in [6.07, 6.45) is 0.885. The first-order valence-electron chi connectivity index (χ1n) is 5.74. The monoisotopic (exact) mass is 323 g/mol. The van der Waals surface area contributed by atoms with E-state index in [0.29, 0.717) is 6.54 Å². The van der Waals surface area contributed by atoms with Gasteiger partial charge in [-0.1, -0.05) is 28.1 Å². The van der Waals surface area contributed by atoms with E-state index >= 15 is 0 Å². The highest BCUT2D eigenvalue weighted by atomic mass is 79.9. The van der Waals surface area contributed by atoms with E-state index in [-0.39, 0.29) is 5.91 Å². The van der Waals surface area contributed by atoms with Crippen LogP contribution >= 0.6 is 27.3 Å². The summed E-state index contributed by atoms with van der Waals surface area (Å²) in [6.45, 7) is 2.61. The lowest BCUT2D eigenvalue weighted by molar-refractivity contribution is 0.0953. The molecule has 0 fully saturated rings. The van der Waals surface area contributed by atoms with Crippen molar-refractivity contribution in [2.75, 3.05) is 6.54 Å². The Morgan fingerprint density at radius 1 is 1.33 bits per heavy atom. The number of rotatable bonds is 4.